The van der Waals surface area contributed by atoms with E-state index >= 15 is 0 Å². The summed E-state index contributed by atoms with van der Waals surface area (Å²) in [5, 5.41) is 0. The lowest BCUT2D eigenvalue weighted by Crippen LogP contribution is -2.02. The van der Waals surface area contributed by atoms with Crippen LogP contribution in [0.15, 0.2) is 54.6 Å². The van der Waals surface area contributed by atoms with E-state index < -0.39 is 9.05 Å². The molecule has 2 rings (SSSR count). The quantitative estimate of drug-likeness (QED) is 0.569. The molecule has 0 unspecified atom stereocenters. The van der Waals surface area contributed by atoms with Gasteiger partial charge in [-0.2, -0.15) is 0 Å². The largest absolute Gasteiger partial charge is 0.494 e. The maximum atomic E-state index is 10.8. The van der Waals surface area contributed by atoms with Gasteiger partial charge in [0.2, 0.25) is 9.05 Å². The maximum absolute atomic E-state index is 10.8. The second-order valence-electron chi connectivity index (χ2n) is 4.69. The Morgan fingerprint density at radius 1 is 0.857 bits per heavy atom. The number of halogens is 1. The predicted octanol–water partition coefficient (Wildman–Crippen LogP) is 4.08. The summed E-state index contributed by atoms with van der Waals surface area (Å²) in [6.45, 7) is 0.483. The normalized spacial score (nSPS) is 11.3. The Bertz CT molecular complexity index is 652. The van der Waals surface area contributed by atoms with Crippen molar-refractivity contribution in [3.8, 4) is 16.9 Å². The highest BCUT2D eigenvalue weighted by atomic mass is 35.7. The number of unbranched alkanes of at least 4 members (excludes halogenated alkanes) is 1. The zero-order chi connectivity index (χ0) is 15.1. The zero-order valence-electron chi connectivity index (χ0n) is 11.5. The minimum atomic E-state index is -3.39. The van der Waals surface area contributed by atoms with Crippen molar-refractivity contribution in [1.82, 2.24) is 0 Å². The summed E-state index contributed by atoms with van der Waals surface area (Å²) in [4.78, 5) is 0. The minimum Gasteiger partial charge on any atom is -0.494 e. The van der Waals surface area contributed by atoms with E-state index in [4.69, 9.17) is 15.4 Å². The molecule has 2 aromatic rings. The molecule has 0 fully saturated rings. The van der Waals surface area contributed by atoms with Crippen molar-refractivity contribution >= 4 is 19.7 Å². The summed E-state index contributed by atoms with van der Waals surface area (Å²) < 4.78 is 27.1. The fourth-order valence-corrected chi connectivity index (χ4v) is 2.82. The van der Waals surface area contributed by atoms with Gasteiger partial charge in [-0.1, -0.05) is 42.5 Å². The van der Waals surface area contributed by atoms with E-state index in [1.807, 2.05) is 42.5 Å². The Hall–Kier alpha value is -1.52. The van der Waals surface area contributed by atoms with Crippen LogP contribution in [0.3, 0.4) is 0 Å². The van der Waals surface area contributed by atoms with Gasteiger partial charge in [0.15, 0.2) is 0 Å². The topological polar surface area (TPSA) is 43.4 Å². The Labute approximate surface area is 129 Å². The van der Waals surface area contributed by atoms with Crippen LogP contribution in [0, 0.1) is 0 Å². The first-order valence-corrected chi connectivity index (χ1v) is 9.23. The van der Waals surface area contributed by atoms with Gasteiger partial charge in [0.25, 0.3) is 0 Å². The molecule has 0 spiro atoms. The molecule has 0 heterocycles. The van der Waals surface area contributed by atoms with Gasteiger partial charge in [-0.05, 0) is 36.1 Å². The highest BCUT2D eigenvalue weighted by Crippen LogP contribution is 2.22. The molecule has 5 heteroatoms. The molecule has 21 heavy (non-hydrogen) atoms. The van der Waals surface area contributed by atoms with E-state index in [2.05, 4.69) is 12.1 Å². The van der Waals surface area contributed by atoms with Crippen molar-refractivity contribution in [3.05, 3.63) is 54.6 Å². The van der Waals surface area contributed by atoms with Crippen LogP contribution in [0.2, 0.25) is 0 Å². The first-order valence-electron chi connectivity index (χ1n) is 6.75. The molecule has 112 valence electrons. The van der Waals surface area contributed by atoms with Gasteiger partial charge in [0.05, 0.1) is 12.4 Å². The molecule has 0 aliphatic heterocycles. The molecular formula is C16H17ClO3S. The Morgan fingerprint density at radius 2 is 1.48 bits per heavy atom. The average molecular weight is 325 g/mol. The lowest BCUT2D eigenvalue weighted by molar-refractivity contribution is 0.309. The smallest absolute Gasteiger partial charge is 0.232 e. The average Bonchev–Trinajstić information content (AvgIpc) is 2.47. The molecule has 0 aliphatic rings. The van der Waals surface area contributed by atoms with Crippen molar-refractivity contribution in [2.24, 2.45) is 0 Å². The van der Waals surface area contributed by atoms with Crippen LogP contribution >= 0.6 is 10.7 Å². The third-order valence-corrected chi connectivity index (χ3v) is 4.25. The van der Waals surface area contributed by atoms with E-state index in [0.29, 0.717) is 19.4 Å². The van der Waals surface area contributed by atoms with Crippen molar-refractivity contribution < 1.29 is 13.2 Å². The van der Waals surface area contributed by atoms with Crippen LogP contribution in [0.25, 0.3) is 11.1 Å². The van der Waals surface area contributed by atoms with Gasteiger partial charge in [-0.25, -0.2) is 8.42 Å². The molecule has 0 atom stereocenters. The van der Waals surface area contributed by atoms with E-state index in [9.17, 15) is 8.42 Å². The summed E-state index contributed by atoms with van der Waals surface area (Å²) in [7, 11) is 1.75. The lowest BCUT2D eigenvalue weighted by atomic mass is 10.1. The van der Waals surface area contributed by atoms with Crippen LogP contribution in [-0.4, -0.2) is 20.8 Å². The molecule has 0 aromatic heterocycles. The molecule has 0 amide bonds. The van der Waals surface area contributed by atoms with Gasteiger partial charge in [0.1, 0.15) is 5.75 Å². The standard InChI is InChI=1S/C16H17ClO3S/c17-21(18,19)13-5-4-12-20-16-10-8-15(9-11-16)14-6-2-1-3-7-14/h1-3,6-11H,4-5,12-13H2. The highest BCUT2D eigenvalue weighted by Gasteiger charge is 2.04. The van der Waals surface area contributed by atoms with E-state index in [1.165, 1.54) is 0 Å². The second-order valence-corrected chi connectivity index (χ2v) is 7.59. The third kappa shape index (κ3) is 5.78. The van der Waals surface area contributed by atoms with Crippen molar-refractivity contribution in [3.63, 3.8) is 0 Å². The van der Waals surface area contributed by atoms with Crippen LogP contribution in [0.1, 0.15) is 12.8 Å². The summed E-state index contributed by atoms with van der Waals surface area (Å²) in [5.41, 5.74) is 2.30. The molecule has 0 saturated heterocycles. The van der Waals surface area contributed by atoms with E-state index in [0.717, 1.165) is 16.9 Å². The van der Waals surface area contributed by atoms with Gasteiger partial charge in [0, 0.05) is 10.7 Å². The molecule has 2 aromatic carbocycles. The van der Waals surface area contributed by atoms with E-state index in [-0.39, 0.29) is 5.75 Å². The number of hydrogen-bond donors (Lipinski definition) is 0. The summed E-state index contributed by atoms with van der Waals surface area (Å²) in [5.74, 6) is 0.772. The number of benzene rings is 2. The summed E-state index contributed by atoms with van der Waals surface area (Å²) in [6.07, 6.45) is 1.17. The maximum Gasteiger partial charge on any atom is 0.232 e. The monoisotopic (exact) mass is 324 g/mol. The van der Waals surface area contributed by atoms with Crippen molar-refractivity contribution in [2.45, 2.75) is 12.8 Å². The SMILES string of the molecule is O=S(=O)(Cl)CCCCOc1ccc(-c2ccccc2)cc1. The number of ether oxygens (including phenoxy) is 1. The molecular weight excluding hydrogens is 308 g/mol. The molecule has 0 bridgehead atoms. The molecule has 3 nitrogen and oxygen atoms in total. The molecule has 0 radical (unpaired) electrons. The Balaban J connectivity index is 1.81. The van der Waals surface area contributed by atoms with Gasteiger partial charge in [-0.15, -0.1) is 0 Å². The fourth-order valence-electron chi connectivity index (χ4n) is 1.94. The first kappa shape index (κ1) is 15.9. The molecule has 0 saturated carbocycles. The van der Waals surface area contributed by atoms with Gasteiger partial charge in [-0.3, -0.25) is 0 Å². The van der Waals surface area contributed by atoms with Crippen LogP contribution in [-0.2, 0) is 9.05 Å². The predicted molar refractivity (Wildman–Crippen MR) is 86.2 cm³/mol. The first-order chi connectivity index (χ1) is 10.0. The molecule has 0 N–H and O–H groups in total. The van der Waals surface area contributed by atoms with Crippen molar-refractivity contribution in [2.75, 3.05) is 12.4 Å². The Kier molecular flexibility index (Phi) is 5.65. The number of rotatable bonds is 7. The summed E-state index contributed by atoms with van der Waals surface area (Å²) >= 11 is 0. The molecule has 0 aliphatic carbocycles. The summed E-state index contributed by atoms with van der Waals surface area (Å²) in [6, 6.07) is 18.0. The van der Waals surface area contributed by atoms with Crippen LogP contribution in [0.4, 0.5) is 0 Å². The Morgan fingerprint density at radius 3 is 2.10 bits per heavy atom. The second kappa shape index (κ2) is 7.48. The van der Waals surface area contributed by atoms with Gasteiger partial charge < -0.3 is 4.74 Å². The van der Waals surface area contributed by atoms with E-state index in [1.54, 1.807) is 0 Å². The van der Waals surface area contributed by atoms with Crippen LogP contribution in [0.5, 0.6) is 5.75 Å². The zero-order valence-corrected chi connectivity index (χ0v) is 13.1. The minimum absolute atomic E-state index is 0.00907. The van der Waals surface area contributed by atoms with Gasteiger partial charge >= 0.3 is 0 Å². The van der Waals surface area contributed by atoms with Crippen LogP contribution < -0.4 is 4.74 Å². The fraction of sp³-hybridized carbons (Fsp3) is 0.250. The van der Waals surface area contributed by atoms with Crippen molar-refractivity contribution in [1.29, 1.82) is 0 Å². The number of hydrogen-bond acceptors (Lipinski definition) is 3. The highest BCUT2D eigenvalue weighted by molar-refractivity contribution is 8.13. The lowest BCUT2D eigenvalue weighted by Gasteiger charge is -2.07. The third-order valence-electron chi connectivity index (χ3n) is 3.01.